The van der Waals surface area contributed by atoms with Gasteiger partial charge in [0.1, 0.15) is 0 Å². The minimum atomic E-state index is 0. The van der Waals surface area contributed by atoms with Gasteiger partial charge in [-0.15, -0.1) is 0 Å². The molecule has 0 spiro atoms. The average molecular weight is 126 g/mol. The summed E-state index contributed by atoms with van der Waals surface area (Å²) in [6.07, 6.45) is 7.39. The van der Waals surface area contributed by atoms with Crippen LogP contribution in [-0.2, 0) is 0 Å². The van der Waals surface area contributed by atoms with Crippen molar-refractivity contribution in [1.29, 1.82) is 0 Å². The summed E-state index contributed by atoms with van der Waals surface area (Å²) in [5, 5.41) is 0. The maximum absolute atomic E-state index is 2.35. The second kappa shape index (κ2) is 3.71. The molecular weight excluding hydrogens is 108 g/mol. The van der Waals surface area contributed by atoms with Crippen LogP contribution in [0.5, 0.6) is 0 Å². The normalized spacial score (nSPS) is 32.2. The highest BCUT2D eigenvalue weighted by molar-refractivity contribution is 4.99. The highest BCUT2D eigenvalue weighted by Crippen LogP contribution is 2.24. The van der Waals surface area contributed by atoms with Gasteiger partial charge in [-0.1, -0.05) is 33.4 Å². The van der Waals surface area contributed by atoms with Crippen molar-refractivity contribution in [1.82, 2.24) is 0 Å². The Balaban J connectivity index is 0.000000640. The molecule has 0 heteroatoms. The first-order valence-corrected chi connectivity index (χ1v) is 3.51. The summed E-state index contributed by atoms with van der Waals surface area (Å²) >= 11 is 0. The van der Waals surface area contributed by atoms with Crippen LogP contribution in [0.3, 0.4) is 0 Å². The lowest BCUT2D eigenvalue weighted by Crippen LogP contribution is -1.91. The van der Waals surface area contributed by atoms with Gasteiger partial charge in [0.05, 0.1) is 0 Å². The van der Waals surface area contributed by atoms with Gasteiger partial charge in [0, 0.05) is 0 Å². The van der Waals surface area contributed by atoms with Gasteiger partial charge in [-0.25, -0.2) is 0 Å². The Kier molecular flexibility index (Phi) is 3.60. The number of rotatable bonds is 1. The van der Waals surface area contributed by atoms with Crippen LogP contribution in [0, 0.1) is 11.8 Å². The Morgan fingerprint density at radius 3 is 2.33 bits per heavy atom. The SMILES string of the molecule is C.CCC1C=CC(C)C1. The maximum Gasteiger partial charge on any atom is -0.0231 e. The first kappa shape index (κ1) is 8.74. The maximum atomic E-state index is 2.35. The van der Waals surface area contributed by atoms with Crippen molar-refractivity contribution in [3.8, 4) is 0 Å². The zero-order valence-corrected chi connectivity index (χ0v) is 5.72. The quantitative estimate of drug-likeness (QED) is 0.473. The molecule has 0 aromatic heterocycles. The molecular formula is C9H18. The first-order valence-electron chi connectivity index (χ1n) is 3.51. The molecule has 2 atom stereocenters. The minimum absolute atomic E-state index is 0. The van der Waals surface area contributed by atoms with Crippen molar-refractivity contribution in [2.75, 3.05) is 0 Å². The van der Waals surface area contributed by atoms with Gasteiger partial charge in [-0.2, -0.15) is 0 Å². The van der Waals surface area contributed by atoms with E-state index in [4.69, 9.17) is 0 Å². The number of allylic oxidation sites excluding steroid dienone is 2. The second-order valence-corrected chi connectivity index (χ2v) is 2.77. The third kappa shape index (κ3) is 2.21. The molecule has 0 radical (unpaired) electrons. The molecule has 2 unspecified atom stereocenters. The zero-order chi connectivity index (χ0) is 5.98. The van der Waals surface area contributed by atoms with Gasteiger partial charge in [0.25, 0.3) is 0 Å². The molecule has 0 fully saturated rings. The highest BCUT2D eigenvalue weighted by Gasteiger charge is 2.11. The van der Waals surface area contributed by atoms with Crippen LogP contribution in [0.2, 0.25) is 0 Å². The summed E-state index contributed by atoms with van der Waals surface area (Å²) in [5.74, 6) is 1.74. The average Bonchev–Trinajstić information content (AvgIpc) is 2.14. The zero-order valence-electron chi connectivity index (χ0n) is 5.72. The van der Waals surface area contributed by atoms with Crippen LogP contribution in [0.25, 0.3) is 0 Å². The van der Waals surface area contributed by atoms with Crippen molar-refractivity contribution in [2.24, 2.45) is 11.8 Å². The lowest BCUT2D eigenvalue weighted by atomic mass is 10.0. The summed E-state index contributed by atoms with van der Waals surface area (Å²) in [6, 6.07) is 0. The van der Waals surface area contributed by atoms with Crippen LogP contribution >= 0.6 is 0 Å². The van der Waals surface area contributed by atoms with Gasteiger partial charge < -0.3 is 0 Å². The van der Waals surface area contributed by atoms with E-state index < -0.39 is 0 Å². The molecule has 0 amide bonds. The highest BCUT2D eigenvalue weighted by atomic mass is 14.2. The van der Waals surface area contributed by atoms with E-state index in [2.05, 4.69) is 26.0 Å². The van der Waals surface area contributed by atoms with Gasteiger partial charge in [-0.3, -0.25) is 0 Å². The van der Waals surface area contributed by atoms with Crippen LogP contribution < -0.4 is 0 Å². The van der Waals surface area contributed by atoms with Crippen LogP contribution in [-0.4, -0.2) is 0 Å². The molecule has 0 aliphatic heterocycles. The molecule has 0 saturated heterocycles. The summed E-state index contributed by atoms with van der Waals surface area (Å²) in [6.45, 7) is 4.54. The molecule has 0 heterocycles. The van der Waals surface area contributed by atoms with Gasteiger partial charge in [0.2, 0.25) is 0 Å². The Labute approximate surface area is 59.0 Å². The van der Waals surface area contributed by atoms with Crippen molar-refractivity contribution in [2.45, 2.75) is 34.1 Å². The molecule has 0 N–H and O–H groups in total. The van der Waals surface area contributed by atoms with E-state index in [-0.39, 0.29) is 7.43 Å². The fourth-order valence-electron chi connectivity index (χ4n) is 1.28. The van der Waals surface area contributed by atoms with E-state index in [0.29, 0.717) is 0 Å². The molecule has 0 aromatic carbocycles. The van der Waals surface area contributed by atoms with Crippen LogP contribution in [0.15, 0.2) is 12.2 Å². The monoisotopic (exact) mass is 126 g/mol. The van der Waals surface area contributed by atoms with Gasteiger partial charge >= 0.3 is 0 Å². The van der Waals surface area contributed by atoms with E-state index in [1.807, 2.05) is 0 Å². The molecule has 1 rings (SSSR count). The largest absolute Gasteiger partial charge is 0.0854 e. The molecule has 0 bridgehead atoms. The smallest absolute Gasteiger partial charge is 0.0231 e. The Morgan fingerprint density at radius 1 is 1.44 bits per heavy atom. The summed E-state index contributed by atoms with van der Waals surface area (Å²) in [4.78, 5) is 0. The molecule has 0 aromatic rings. The van der Waals surface area contributed by atoms with E-state index >= 15 is 0 Å². The van der Waals surface area contributed by atoms with E-state index in [1.54, 1.807) is 0 Å². The first-order chi connectivity index (χ1) is 3.83. The van der Waals surface area contributed by atoms with Gasteiger partial charge in [0.15, 0.2) is 0 Å². The lowest BCUT2D eigenvalue weighted by Gasteiger charge is -2.02. The Bertz CT molecular complexity index is 92.2. The number of hydrogen-bond donors (Lipinski definition) is 0. The van der Waals surface area contributed by atoms with Crippen molar-refractivity contribution in [3.63, 3.8) is 0 Å². The molecule has 1 aliphatic rings. The predicted octanol–water partition coefficient (Wildman–Crippen LogP) is 3.24. The van der Waals surface area contributed by atoms with E-state index in [9.17, 15) is 0 Å². The molecule has 9 heavy (non-hydrogen) atoms. The Morgan fingerprint density at radius 2 is 2.11 bits per heavy atom. The summed E-state index contributed by atoms with van der Waals surface area (Å²) in [5.41, 5.74) is 0. The molecule has 0 nitrogen and oxygen atoms in total. The van der Waals surface area contributed by atoms with Gasteiger partial charge in [-0.05, 0) is 24.7 Å². The molecule has 54 valence electrons. The third-order valence-electron chi connectivity index (χ3n) is 1.91. The van der Waals surface area contributed by atoms with Crippen molar-refractivity contribution >= 4 is 0 Å². The summed E-state index contributed by atoms with van der Waals surface area (Å²) in [7, 11) is 0. The van der Waals surface area contributed by atoms with Crippen LogP contribution in [0.1, 0.15) is 34.1 Å². The summed E-state index contributed by atoms with van der Waals surface area (Å²) < 4.78 is 0. The second-order valence-electron chi connectivity index (χ2n) is 2.77. The van der Waals surface area contributed by atoms with Crippen LogP contribution in [0.4, 0.5) is 0 Å². The molecule has 1 aliphatic carbocycles. The fourth-order valence-corrected chi connectivity index (χ4v) is 1.28. The standard InChI is InChI=1S/C8H14.CH4/c1-3-8-5-4-7(2)6-8;/h4-5,7-8H,3,6H2,1-2H3;1H4. The molecule has 0 saturated carbocycles. The minimum Gasteiger partial charge on any atom is -0.0854 e. The topological polar surface area (TPSA) is 0 Å². The number of hydrogen-bond acceptors (Lipinski definition) is 0. The Hall–Kier alpha value is -0.260. The fraction of sp³-hybridized carbons (Fsp3) is 0.778. The van der Waals surface area contributed by atoms with E-state index in [0.717, 1.165) is 11.8 Å². The third-order valence-corrected chi connectivity index (χ3v) is 1.91. The lowest BCUT2D eigenvalue weighted by molar-refractivity contribution is 0.538. The van der Waals surface area contributed by atoms with E-state index in [1.165, 1.54) is 12.8 Å². The predicted molar refractivity (Wildman–Crippen MR) is 43.4 cm³/mol. The van der Waals surface area contributed by atoms with Crippen molar-refractivity contribution in [3.05, 3.63) is 12.2 Å². The van der Waals surface area contributed by atoms with Crippen molar-refractivity contribution < 1.29 is 0 Å².